The molecule has 1 aliphatic heterocycles. The van der Waals surface area contributed by atoms with Crippen LogP contribution in [0.25, 0.3) is 0 Å². The lowest BCUT2D eigenvalue weighted by atomic mass is 10.2. The SMILES string of the molecule is O=C(O)C1CCC(CNC(=O)N(CCO)CC(F)F)O1. The minimum atomic E-state index is -2.69. The average Bonchev–Trinajstić information content (AvgIpc) is 2.84. The van der Waals surface area contributed by atoms with E-state index in [0.29, 0.717) is 12.8 Å². The van der Waals surface area contributed by atoms with Crippen molar-refractivity contribution in [2.45, 2.75) is 31.5 Å². The van der Waals surface area contributed by atoms with Crippen LogP contribution in [0.5, 0.6) is 0 Å². The first-order valence-electron chi connectivity index (χ1n) is 6.24. The molecule has 9 heteroatoms. The normalized spacial score (nSPS) is 22.0. The van der Waals surface area contributed by atoms with Gasteiger partial charge in [0.1, 0.15) is 0 Å². The molecule has 0 spiro atoms. The third-order valence-corrected chi connectivity index (χ3v) is 2.88. The summed E-state index contributed by atoms with van der Waals surface area (Å²) in [5, 5.41) is 19.9. The number of carboxylic acids is 1. The minimum Gasteiger partial charge on any atom is -0.479 e. The Morgan fingerprint density at radius 3 is 2.60 bits per heavy atom. The number of hydrogen-bond acceptors (Lipinski definition) is 4. The topological polar surface area (TPSA) is 99.1 Å². The number of nitrogens with one attached hydrogen (secondary N) is 1. The first-order chi connectivity index (χ1) is 9.43. The number of alkyl halides is 2. The van der Waals surface area contributed by atoms with Crippen LogP contribution in [0.4, 0.5) is 13.6 Å². The summed E-state index contributed by atoms with van der Waals surface area (Å²) in [4.78, 5) is 23.1. The highest BCUT2D eigenvalue weighted by Gasteiger charge is 2.30. The van der Waals surface area contributed by atoms with Gasteiger partial charge in [-0.25, -0.2) is 18.4 Å². The fraction of sp³-hybridized carbons (Fsp3) is 0.818. The van der Waals surface area contributed by atoms with Crippen molar-refractivity contribution < 1.29 is 33.3 Å². The lowest BCUT2D eigenvalue weighted by molar-refractivity contribution is -0.149. The Bertz CT molecular complexity index is 343. The van der Waals surface area contributed by atoms with E-state index in [9.17, 15) is 18.4 Å². The molecule has 7 nitrogen and oxygen atoms in total. The fourth-order valence-corrected chi connectivity index (χ4v) is 1.91. The van der Waals surface area contributed by atoms with Crippen molar-refractivity contribution in [3.05, 3.63) is 0 Å². The number of aliphatic hydroxyl groups excluding tert-OH is 1. The zero-order valence-corrected chi connectivity index (χ0v) is 10.8. The number of urea groups is 1. The Hall–Kier alpha value is -1.48. The molecule has 0 bridgehead atoms. The Morgan fingerprint density at radius 2 is 2.10 bits per heavy atom. The number of aliphatic carboxylic acids is 1. The van der Waals surface area contributed by atoms with Gasteiger partial charge in [-0.15, -0.1) is 0 Å². The van der Waals surface area contributed by atoms with Gasteiger partial charge in [0.25, 0.3) is 6.43 Å². The maximum atomic E-state index is 12.3. The zero-order valence-electron chi connectivity index (χ0n) is 10.8. The van der Waals surface area contributed by atoms with Gasteiger partial charge in [0, 0.05) is 13.1 Å². The highest BCUT2D eigenvalue weighted by Crippen LogP contribution is 2.19. The molecule has 116 valence electrons. The van der Waals surface area contributed by atoms with Crippen molar-refractivity contribution in [3.63, 3.8) is 0 Å². The maximum Gasteiger partial charge on any atom is 0.332 e. The van der Waals surface area contributed by atoms with Gasteiger partial charge in [0.15, 0.2) is 6.10 Å². The molecule has 0 aromatic carbocycles. The van der Waals surface area contributed by atoms with Crippen LogP contribution in [0, 0.1) is 0 Å². The smallest absolute Gasteiger partial charge is 0.332 e. The lowest BCUT2D eigenvalue weighted by Gasteiger charge is -2.22. The van der Waals surface area contributed by atoms with E-state index >= 15 is 0 Å². The van der Waals surface area contributed by atoms with Crippen LogP contribution in [0.3, 0.4) is 0 Å². The Labute approximate surface area is 114 Å². The standard InChI is InChI=1S/C11H18F2N2O5/c12-9(13)6-15(3-4-16)11(19)14-5-7-1-2-8(20-7)10(17)18/h7-9,16H,1-6H2,(H,14,19)(H,17,18). The molecule has 0 aromatic rings. The van der Waals surface area contributed by atoms with E-state index in [0.717, 1.165) is 4.90 Å². The monoisotopic (exact) mass is 296 g/mol. The maximum absolute atomic E-state index is 12.3. The first-order valence-corrected chi connectivity index (χ1v) is 6.24. The summed E-state index contributed by atoms with van der Waals surface area (Å²) in [6.07, 6.45) is -3.18. The molecule has 1 rings (SSSR count). The molecular weight excluding hydrogens is 278 g/mol. The van der Waals surface area contributed by atoms with E-state index in [1.165, 1.54) is 0 Å². The van der Waals surface area contributed by atoms with E-state index < -0.39 is 43.8 Å². The van der Waals surface area contributed by atoms with Crippen molar-refractivity contribution in [2.75, 3.05) is 26.2 Å². The minimum absolute atomic E-state index is 0.0494. The second-order valence-electron chi connectivity index (χ2n) is 4.41. The van der Waals surface area contributed by atoms with E-state index in [2.05, 4.69) is 5.32 Å². The zero-order chi connectivity index (χ0) is 15.1. The molecule has 0 aliphatic carbocycles. The lowest BCUT2D eigenvalue weighted by Crippen LogP contribution is -2.46. The summed E-state index contributed by atoms with van der Waals surface area (Å²) in [5.74, 6) is -1.06. The number of carbonyl (C=O) groups is 2. The van der Waals surface area contributed by atoms with E-state index in [-0.39, 0.29) is 13.1 Å². The summed E-state index contributed by atoms with van der Waals surface area (Å²) in [6.45, 7) is -1.33. The molecule has 0 saturated carbocycles. The molecule has 3 N–H and O–H groups in total. The highest BCUT2D eigenvalue weighted by atomic mass is 19.3. The summed E-state index contributed by atoms with van der Waals surface area (Å²) in [5.41, 5.74) is 0. The molecule has 1 aliphatic rings. The third-order valence-electron chi connectivity index (χ3n) is 2.88. The van der Waals surface area contributed by atoms with Crippen LogP contribution in [0.15, 0.2) is 0 Å². The Morgan fingerprint density at radius 1 is 1.40 bits per heavy atom. The summed E-state index contributed by atoms with van der Waals surface area (Å²) in [6, 6.07) is -0.735. The number of carbonyl (C=O) groups excluding carboxylic acids is 1. The number of ether oxygens (including phenoxy) is 1. The summed E-state index contributed by atoms with van der Waals surface area (Å²) < 4.78 is 29.7. The number of rotatable bonds is 7. The van der Waals surface area contributed by atoms with Gasteiger partial charge in [0.2, 0.25) is 0 Å². The van der Waals surface area contributed by atoms with Crippen LogP contribution in [0.1, 0.15) is 12.8 Å². The third kappa shape index (κ3) is 5.25. The molecule has 0 aromatic heterocycles. The molecule has 1 saturated heterocycles. The second kappa shape index (κ2) is 7.95. The average molecular weight is 296 g/mol. The van der Waals surface area contributed by atoms with Crippen LogP contribution in [-0.4, -0.2) is 72.0 Å². The van der Waals surface area contributed by atoms with Gasteiger partial charge >= 0.3 is 12.0 Å². The van der Waals surface area contributed by atoms with Crippen molar-refractivity contribution in [2.24, 2.45) is 0 Å². The highest BCUT2D eigenvalue weighted by molar-refractivity contribution is 5.74. The summed E-state index contributed by atoms with van der Waals surface area (Å²) >= 11 is 0. The number of nitrogens with zero attached hydrogens (tertiary/aromatic N) is 1. The molecule has 20 heavy (non-hydrogen) atoms. The number of aliphatic hydroxyl groups is 1. The fourth-order valence-electron chi connectivity index (χ4n) is 1.91. The number of carboxylic acid groups (broad SMARTS) is 1. The van der Waals surface area contributed by atoms with E-state index in [1.54, 1.807) is 0 Å². The Kier molecular flexibility index (Phi) is 6.59. The number of hydrogen-bond donors (Lipinski definition) is 3. The van der Waals surface area contributed by atoms with Gasteiger partial charge in [-0.3, -0.25) is 0 Å². The van der Waals surface area contributed by atoms with E-state index in [4.69, 9.17) is 14.9 Å². The predicted molar refractivity (Wildman–Crippen MR) is 63.6 cm³/mol. The summed E-state index contributed by atoms with van der Waals surface area (Å²) in [7, 11) is 0. The van der Waals surface area contributed by atoms with Crippen LogP contribution < -0.4 is 5.32 Å². The van der Waals surface area contributed by atoms with Crippen LogP contribution in [-0.2, 0) is 9.53 Å². The van der Waals surface area contributed by atoms with E-state index in [1.807, 2.05) is 0 Å². The van der Waals surface area contributed by atoms with Gasteiger partial charge in [-0.2, -0.15) is 0 Å². The first kappa shape index (κ1) is 16.6. The van der Waals surface area contributed by atoms with Gasteiger partial charge in [0.05, 0.1) is 19.3 Å². The number of halogens is 2. The van der Waals surface area contributed by atoms with Gasteiger partial charge < -0.3 is 25.2 Å². The van der Waals surface area contributed by atoms with Crippen molar-refractivity contribution in [1.29, 1.82) is 0 Å². The van der Waals surface area contributed by atoms with Crippen molar-refractivity contribution in [1.82, 2.24) is 10.2 Å². The molecule has 1 heterocycles. The second-order valence-corrected chi connectivity index (χ2v) is 4.41. The number of amides is 2. The molecule has 1 fully saturated rings. The van der Waals surface area contributed by atoms with Crippen molar-refractivity contribution >= 4 is 12.0 Å². The predicted octanol–water partition coefficient (Wildman–Crippen LogP) is -0.112. The molecule has 2 atom stereocenters. The largest absolute Gasteiger partial charge is 0.479 e. The molecule has 2 amide bonds. The molecule has 2 unspecified atom stereocenters. The van der Waals surface area contributed by atoms with Gasteiger partial charge in [-0.05, 0) is 12.8 Å². The van der Waals surface area contributed by atoms with Gasteiger partial charge in [-0.1, -0.05) is 0 Å². The van der Waals surface area contributed by atoms with Crippen LogP contribution >= 0.6 is 0 Å². The Balaban J connectivity index is 2.35. The quantitative estimate of drug-likeness (QED) is 0.608. The molecule has 0 radical (unpaired) electrons. The molecular formula is C11H18F2N2O5. The van der Waals surface area contributed by atoms with Crippen molar-refractivity contribution in [3.8, 4) is 0 Å². The van der Waals surface area contributed by atoms with Crippen LogP contribution in [0.2, 0.25) is 0 Å².